The maximum absolute atomic E-state index is 5.84. The Morgan fingerprint density at radius 1 is 1.40 bits per heavy atom. The Hall–Kier alpha value is -0.800. The van der Waals surface area contributed by atoms with Gasteiger partial charge in [-0.05, 0) is 18.2 Å². The van der Waals surface area contributed by atoms with Crippen molar-refractivity contribution in [1.82, 2.24) is 0 Å². The van der Waals surface area contributed by atoms with E-state index in [9.17, 15) is 0 Å². The molecule has 1 aliphatic rings. The third-order valence-corrected chi connectivity index (χ3v) is 3.25. The standard InChI is InChI=1S/C12H15NOS/c1-15-12-11(7-8-13-12)14-9-10-5-3-2-4-6-10/h2-6,11H,7-9H2,1H3. The van der Waals surface area contributed by atoms with Gasteiger partial charge in [0.05, 0.1) is 11.7 Å². The molecule has 0 fully saturated rings. The summed E-state index contributed by atoms with van der Waals surface area (Å²) in [5, 5.41) is 1.14. The van der Waals surface area contributed by atoms with E-state index in [4.69, 9.17) is 4.74 Å². The van der Waals surface area contributed by atoms with Crippen LogP contribution in [0, 0.1) is 0 Å². The molecular weight excluding hydrogens is 206 g/mol. The topological polar surface area (TPSA) is 21.6 Å². The molecule has 0 aromatic heterocycles. The highest BCUT2D eigenvalue weighted by molar-refractivity contribution is 8.13. The van der Waals surface area contributed by atoms with Crippen molar-refractivity contribution in [3.8, 4) is 0 Å². The summed E-state index contributed by atoms with van der Waals surface area (Å²) in [5.74, 6) is 0. The molecule has 0 amide bonds. The Morgan fingerprint density at radius 3 is 2.93 bits per heavy atom. The van der Waals surface area contributed by atoms with Gasteiger partial charge in [-0.15, -0.1) is 11.8 Å². The highest BCUT2D eigenvalue weighted by atomic mass is 32.2. The highest BCUT2D eigenvalue weighted by Gasteiger charge is 2.20. The minimum Gasteiger partial charge on any atom is -0.367 e. The van der Waals surface area contributed by atoms with E-state index < -0.39 is 0 Å². The smallest absolute Gasteiger partial charge is 0.107 e. The monoisotopic (exact) mass is 221 g/mol. The average molecular weight is 221 g/mol. The number of hydrogen-bond donors (Lipinski definition) is 0. The molecule has 0 saturated carbocycles. The summed E-state index contributed by atoms with van der Waals surface area (Å²) in [4.78, 5) is 4.40. The van der Waals surface area contributed by atoms with Crippen LogP contribution >= 0.6 is 11.8 Å². The minimum absolute atomic E-state index is 0.222. The molecule has 2 rings (SSSR count). The molecule has 3 heteroatoms. The summed E-state index contributed by atoms with van der Waals surface area (Å²) in [6.07, 6.45) is 3.31. The largest absolute Gasteiger partial charge is 0.367 e. The second-order valence-corrected chi connectivity index (χ2v) is 4.32. The van der Waals surface area contributed by atoms with Gasteiger partial charge in [0, 0.05) is 6.54 Å². The first-order valence-electron chi connectivity index (χ1n) is 5.14. The Labute approximate surface area is 94.7 Å². The lowest BCUT2D eigenvalue weighted by Crippen LogP contribution is -2.17. The lowest BCUT2D eigenvalue weighted by atomic mass is 10.2. The molecule has 1 unspecified atom stereocenters. The quantitative estimate of drug-likeness (QED) is 0.782. The van der Waals surface area contributed by atoms with Crippen molar-refractivity contribution >= 4 is 16.8 Å². The second-order valence-electron chi connectivity index (χ2n) is 3.50. The van der Waals surface area contributed by atoms with Gasteiger partial charge in [0.1, 0.15) is 6.10 Å². The first-order chi connectivity index (χ1) is 7.40. The van der Waals surface area contributed by atoms with Crippen LogP contribution in [0.2, 0.25) is 0 Å². The van der Waals surface area contributed by atoms with E-state index >= 15 is 0 Å². The first-order valence-corrected chi connectivity index (χ1v) is 6.36. The molecule has 0 spiro atoms. The van der Waals surface area contributed by atoms with Crippen molar-refractivity contribution in [3.63, 3.8) is 0 Å². The summed E-state index contributed by atoms with van der Waals surface area (Å²) in [6.45, 7) is 1.60. The van der Waals surface area contributed by atoms with Crippen molar-refractivity contribution in [1.29, 1.82) is 0 Å². The van der Waals surface area contributed by atoms with E-state index in [0.717, 1.165) is 18.0 Å². The zero-order chi connectivity index (χ0) is 10.5. The molecule has 1 atom stereocenters. The molecular formula is C12H15NOS. The van der Waals surface area contributed by atoms with Gasteiger partial charge in [0.15, 0.2) is 0 Å². The number of aliphatic imine (C=N–C) groups is 1. The third-order valence-electron chi connectivity index (χ3n) is 2.44. The molecule has 0 saturated heterocycles. The molecule has 15 heavy (non-hydrogen) atoms. The zero-order valence-electron chi connectivity index (χ0n) is 8.85. The minimum atomic E-state index is 0.222. The number of hydrogen-bond acceptors (Lipinski definition) is 3. The summed E-state index contributed by atoms with van der Waals surface area (Å²) in [6, 6.07) is 10.3. The van der Waals surface area contributed by atoms with Gasteiger partial charge in [-0.3, -0.25) is 4.99 Å². The normalized spacial score (nSPS) is 20.3. The maximum Gasteiger partial charge on any atom is 0.107 e. The Bertz CT molecular complexity index is 337. The fourth-order valence-corrected chi connectivity index (χ4v) is 2.31. The maximum atomic E-state index is 5.84. The number of rotatable bonds is 3. The molecule has 1 aromatic carbocycles. The summed E-state index contributed by atoms with van der Waals surface area (Å²) in [7, 11) is 0. The number of benzene rings is 1. The molecule has 1 aromatic rings. The highest BCUT2D eigenvalue weighted by Crippen LogP contribution is 2.18. The fourth-order valence-electron chi connectivity index (χ4n) is 1.64. The van der Waals surface area contributed by atoms with Crippen LogP contribution in [0.3, 0.4) is 0 Å². The molecule has 0 N–H and O–H groups in total. The van der Waals surface area contributed by atoms with Crippen LogP contribution in [0.15, 0.2) is 35.3 Å². The predicted octanol–water partition coefficient (Wildman–Crippen LogP) is 2.74. The molecule has 2 nitrogen and oxygen atoms in total. The molecule has 80 valence electrons. The molecule has 0 radical (unpaired) electrons. The summed E-state index contributed by atoms with van der Waals surface area (Å²) < 4.78 is 5.84. The Balaban J connectivity index is 1.86. The van der Waals surface area contributed by atoms with Crippen LogP contribution in [-0.2, 0) is 11.3 Å². The average Bonchev–Trinajstić information content (AvgIpc) is 2.75. The molecule has 1 heterocycles. The van der Waals surface area contributed by atoms with E-state index in [0.29, 0.717) is 6.61 Å². The van der Waals surface area contributed by atoms with Gasteiger partial charge in [-0.2, -0.15) is 0 Å². The van der Waals surface area contributed by atoms with Crippen molar-refractivity contribution in [2.45, 2.75) is 19.1 Å². The van der Waals surface area contributed by atoms with Gasteiger partial charge < -0.3 is 4.74 Å². The second kappa shape index (κ2) is 5.33. The van der Waals surface area contributed by atoms with E-state index in [-0.39, 0.29) is 6.10 Å². The molecule has 0 bridgehead atoms. The van der Waals surface area contributed by atoms with Gasteiger partial charge >= 0.3 is 0 Å². The predicted molar refractivity (Wildman–Crippen MR) is 65.5 cm³/mol. The van der Waals surface area contributed by atoms with Crippen molar-refractivity contribution in [2.75, 3.05) is 12.8 Å². The Kier molecular flexibility index (Phi) is 3.80. The van der Waals surface area contributed by atoms with E-state index in [1.54, 1.807) is 11.8 Å². The number of ether oxygens (including phenoxy) is 1. The zero-order valence-corrected chi connectivity index (χ0v) is 9.67. The van der Waals surface area contributed by atoms with Gasteiger partial charge in [0.2, 0.25) is 0 Å². The van der Waals surface area contributed by atoms with Crippen LogP contribution in [-0.4, -0.2) is 23.9 Å². The van der Waals surface area contributed by atoms with E-state index in [1.807, 2.05) is 18.2 Å². The fraction of sp³-hybridized carbons (Fsp3) is 0.417. The third kappa shape index (κ3) is 2.83. The number of nitrogens with zero attached hydrogens (tertiary/aromatic N) is 1. The first kappa shape index (κ1) is 10.7. The lowest BCUT2D eigenvalue weighted by molar-refractivity contribution is 0.0874. The van der Waals surface area contributed by atoms with Crippen LogP contribution in [0.4, 0.5) is 0 Å². The van der Waals surface area contributed by atoms with Crippen LogP contribution in [0.5, 0.6) is 0 Å². The van der Waals surface area contributed by atoms with Crippen molar-refractivity contribution in [3.05, 3.63) is 35.9 Å². The summed E-state index contributed by atoms with van der Waals surface area (Å²) in [5.41, 5.74) is 1.23. The van der Waals surface area contributed by atoms with E-state index in [2.05, 4.69) is 23.4 Å². The van der Waals surface area contributed by atoms with Gasteiger partial charge in [0.25, 0.3) is 0 Å². The van der Waals surface area contributed by atoms with E-state index in [1.165, 1.54) is 5.56 Å². The number of thioether (sulfide) groups is 1. The van der Waals surface area contributed by atoms with Crippen LogP contribution in [0.1, 0.15) is 12.0 Å². The Morgan fingerprint density at radius 2 is 2.20 bits per heavy atom. The summed E-state index contributed by atoms with van der Waals surface area (Å²) >= 11 is 1.70. The van der Waals surface area contributed by atoms with Crippen molar-refractivity contribution in [2.24, 2.45) is 4.99 Å². The van der Waals surface area contributed by atoms with Crippen LogP contribution < -0.4 is 0 Å². The SMILES string of the molecule is CSC1=NCCC1OCc1ccccc1. The van der Waals surface area contributed by atoms with Gasteiger partial charge in [-0.25, -0.2) is 0 Å². The van der Waals surface area contributed by atoms with Gasteiger partial charge in [-0.1, -0.05) is 30.3 Å². The lowest BCUT2D eigenvalue weighted by Gasteiger charge is -2.12. The van der Waals surface area contributed by atoms with Crippen molar-refractivity contribution < 1.29 is 4.74 Å². The molecule has 0 aliphatic carbocycles. The molecule has 1 aliphatic heterocycles. The van der Waals surface area contributed by atoms with Crippen LogP contribution in [0.25, 0.3) is 0 Å².